The number of halogens is 1. The van der Waals surface area contributed by atoms with Crippen LogP contribution in [0.1, 0.15) is 57.3 Å². The SMILES string of the molecule is CC1CCCC(C)N1C(=O)COc1ccc(C(=O)N(C)CC(C)(C)CN)cc1.Cl. The molecule has 2 N–H and O–H groups in total. The zero-order chi connectivity index (χ0) is 20.9. The number of nitrogens with two attached hydrogens (primary N) is 1. The van der Waals surface area contributed by atoms with Crippen LogP contribution in [0.5, 0.6) is 5.75 Å². The van der Waals surface area contributed by atoms with Gasteiger partial charge in [0.1, 0.15) is 5.75 Å². The molecule has 1 aliphatic rings. The first-order valence-electron chi connectivity index (χ1n) is 10.1. The van der Waals surface area contributed by atoms with Crippen molar-refractivity contribution in [3.63, 3.8) is 0 Å². The number of rotatable bonds is 7. The lowest BCUT2D eigenvalue weighted by Gasteiger charge is -2.38. The van der Waals surface area contributed by atoms with E-state index in [2.05, 4.69) is 13.8 Å². The second-order valence-corrected chi connectivity index (χ2v) is 8.77. The molecule has 0 bridgehead atoms. The van der Waals surface area contributed by atoms with Crippen molar-refractivity contribution in [2.24, 2.45) is 11.1 Å². The summed E-state index contributed by atoms with van der Waals surface area (Å²) >= 11 is 0. The van der Waals surface area contributed by atoms with Gasteiger partial charge in [-0.1, -0.05) is 13.8 Å². The second kappa shape index (κ2) is 10.8. The quantitative estimate of drug-likeness (QED) is 0.726. The Morgan fingerprint density at radius 3 is 2.24 bits per heavy atom. The third-order valence-electron chi connectivity index (χ3n) is 5.51. The summed E-state index contributed by atoms with van der Waals surface area (Å²) in [4.78, 5) is 28.8. The first-order chi connectivity index (χ1) is 13.1. The number of piperidine rings is 1. The van der Waals surface area contributed by atoms with Gasteiger partial charge in [-0.05, 0) is 69.3 Å². The molecule has 1 saturated heterocycles. The van der Waals surface area contributed by atoms with Crippen molar-refractivity contribution >= 4 is 24.2 Å². The van der Waals surface area contributed by atoms with Gasteiger partial charge in [-0.2, -0.15) is 0 Å². The van der Waals surface area contributed by atoms with Gasteiger partial charge in [0, 0.05) is 31.2 Å². The highest BCUT2D eigenvalue weighted by molar-refractivity contribution is 5.94. The fraction of sp³-hybridized carbons (Fsp3) is 0.636. The highest BCUT2D eigenvalue weighted by atomic mass is 35.5. The maximum atomic E-state index is 12.6. The summed E-state index contributed by atoms with van der Waals surface area (Å²) in [5.74, 6) is 0.552. The number of carbonyl (C=O) groups is 2. The standard InChI is InChI=1S/C22H35N3O3.ClH/c1-16-7-6-8-17(2)25(16)20(26)13-28-19-11-9-18(10-12-19)21(27)24(5)15-22(3,4)14-23;/h9-12,16-17H,6-8,13-15,23H2,1-5H3;1H. The lowest BCUT2D eigenvalue weighted by molar-refractivity contribution is -0.139. The molecule has 2 unspecified atom stereocenters. The number of ether oxygens (including phenoxy) is 1. The second-order valence-electron chi connectivity index (χ2n) is 8.77. The van der Waals surface area contributed by atoms with Crippen LogP contribution in [-0.2, 0) is 4.79 Å². The average molecular weight is 426 g/mol. The molecular formula is C22H36ClN3O3. The number of hydrogen-bond acceptors (Lipinski definition) is 4. The predicted octanol–water partition coefficient (Wildman–Crippen LogP) is 3.33. The molecule has 0 spiro atoms. The van der Waals surface area contributed by atoms with Crippen molar-refractivity contribution in [3.05, 3.63) is 29.8 Å². The Kier molecular flexibility index (Phi) is 9.43. The zero-order valence-corrected chi connectivity index (χ0v) is 19.1. The third-order valence-corrected chi connectivity index (χ3v) is 5.51. The van der Waals surface area contributed by atoms with Crippen molar-refractivity contribution in [1.82, 2.24) is 9.80 Å². The number of amides is 2. The number of benzene rings is 1. The minimum Gasteiger partial charge on any atom is -0.484 e. The molecule has 0 saturated carbocycles. The lowest BCUT2D eigenvalue weighted by atomic mass is 9.93. The average Bonchev–Trinajstić information content (AvgIpc) is 2.65. The highest BCUT2D eigenvalue weighted by Gasteiger charge is 2.29. The molecule has 0 radical (unpaired) electrons. The van der Waals surface area contributed by atoms with Gasteiger partial charge in [0.05, 0.1) is 0 Å². The van der Waals surface area contributed by atoms with E-state index in [-0.39, 0.29) is 48.3 Å². The highest BCUT2D eigenvalue weighted by Crippen LogP contribution is 2.23. The molecule has 1 aromatic rings. The van der Waals surface area contributed by atoms with E-state index in [0.29, 0.717) is 24.4 Å². The fourth-order valence-electron chi connectivity index (χ4n) is 3.83. The van der Waals surface area contributed by atoms with Crippen LogP contribution in [0.25, 0.3) is 0 Å². The monoisotopic (exact) mass is 425 g/mol. The smallest absolute Gasteiger partial charge is 0.260 e. The molecule has 6 nitrogen and oxygen atoms in total. The van der Waals surface area contributed by atoms with Gasteiger partial charge in [-0.3, -0.25) is 9.59 Å². The number of carbonyl (C=O) groups excluding carboxylic acids is 2. The predicted molar refractivity (Wildman–Crippen MR) is 119 cm³/mol. The van der Waals surface area contributed by atoms with Gasteiger partial charge in [-0.15, -0.1) is 12.4 Å². The van der Waals surface area contributed by atoms with Crippen LogP contribution in [0.4, 0.5) is 0 Å². The first kappa shape index (κ1) is 25.2. The maximum Gasteiger partial charge on any atom is 0.260 e. The van der Waals surface area contributed by atoms with E-state index in [1.54, 1.807) is 36.2 Å². The van der Waals surface area contributed by atoms with E-state index in [0.717, 1.165) is 12.8 Å². The Morgan fingerprint density at radius 2 is 1.72 bits per heavy atom. The largest absolute Gasteiger partial charge is 0.484 e. The molecule has 164 valence electrons. The molecule has 1 heterocycles. The van der Waals surface area contributed by atoms with Crippen molar-refractivity contribution in [3.8, 4) is 5.75 Å². The van der Waals surface area contributed by atoms with E-state index in [4.69, 9.17) is 10.5 Å². The first-order valence-corrected chi connectivity index (χ1v) is 10.1. The molecule has 29 heavy (non-hydrogen) atoms. The maximum absolute atomic E-state index is 12.6. The van der Waals surface area contributed by atoms with Gasteiger partial charge in [0.25, 0.3) is 11.8 Å². The molecule has 0 aliphatic carbocycles. The summed E-state index contributed by atoms with van der Waals surface area (Å²) in [6.45, 7) is 9.38. The molecule has 0 aromatic heterocycles. The van der Waals surface area contributed by atoms with Crippen LogP contribution in [0.2, 0.25) is 0 Å². The third kappa shape index (κ3) is 6.89. The topological polar surface area (TPSA) is 75.9 Å². The van der Waals surface area contributed by atoms with Gasteiger partial charge in [0.15, 0.2) is 6.61 Å². The fourth-order valence-corrected chi connectivity index (χ4v) is 3.83. The molecule has 2 rings (SSSR count). The van der Waals surface area contributed by atoms with Crippen LogP contribution in [0.15, 0.2) is 24.3 Å². The van der Waals surface area contributed by atoms with Crippen LogP contribution < -0.4 is 10.5 Å². The molecule has 2 atom stereocenters. The van der Waals surface area contributed by atoms with Crippen molar-refractivity contribution < 1.29 is 14.3 Å². The molecule has 2 amide bonds. The molecule has 1 fully saturated rings. The van der Waals surface area contributed by atoms with Gasteiger partial charge in [-0.25, -0.2) is 0 Å². The van der Waals surface area contributed by atoms with Crippen LogP contribution in [-0.4, -0.2) is 60.4 Å². The Morgan fingerprint density at radius 1 is 1.17 bits per heavy atom. The summed E-state index contributed by atoms with van der Waals surface area (Å²) in [7, 11) is 1.78. The minimum absolute atomic E-state index is 0. The molecule has 1 aliphatic heterocycles. The summed E-state index contributed by atoms with van der Waals surface area (Å²) in [5.41, 5.74) is 6.22. The summed E-state index contributed by atoms with van der Waals surface area (Å²) in [6, 6.07) is 7.47. The summed E-state index contributed by atoms with van der Waals surface area (Å²) < 4.78 is 5.68. The van der Waals surface area contributed by atoms with E-state index in [1.165, 1.54) is 6.42 Å². The van der Waals surface area contributed by atoms with Crippen molar-refractivity contribution in [2.75, 3.05) is 26.7 Å². The lowest BCUT2D eigenvalue weighted by Crippen LogP contribution is -2.49. The number of likely N-dealkylation sites (tertiary alicyclic amines) is 1. The van der Waals surface area contributed by atoms with Crippen molar-refractivity contribution in [2.45, 2.75) is 59.0 Å². The van der Waals surface area contributed by atoms with E-state index in [1.807, 2.05) is 18.7 Å². The van der Waals surface area contributed by atoms with Gasteiger partial charge < -0.3 is 20.3 Å². The van der Waals surface area contributed by atoms with Crippen LogP contribution >= 0.6 is 12.4 Å². The van der Waals surface area contributed by atoms with Crippen LogP contribution in [0, 0.1) is 5.41 Å². The van der Waals surface area contributed by atoms with E-state index in [9.17, 15) is 9.59 Å². The summed E-state index contributed by atoms with van der Waals surface area (Å²) in [6.07, 6.45) is 3.25. The van der Waals surface area contributed by atoms with Gasteiger partial charge >= 0.3 is 0 Å². The Bertz CT molecular complexity index is 668. The van der Waals surface area contributed by atoms with Crippen LogP contribution in [0.3, 0.4) is 0 Å². The molecular weight excluding hydrogens is 390 g/mol. The summed E-state index contributed by atoms with van der Waals surface area (Å²) in [5, 5.41) is 0. The molecule has 1 aromatic carbocycles. The normalized spacial score (nSPS) is 19.3. The van der Waals surface area contributed by atoms with Crippen molar-refractivity contribution in [1.29, 1.82) is 0 Å². The Hall–Kier alpha value is -1.79. The Labute approximate surface area is 181 Å². The number of nitrogens with zero attached hydrogens (tertiary/aromatic N) is 2. The molecule has 7 heteroatoms. The zero-order valence-electron chi connectivity index (χ0n) is 18.3. The van der Waals surface area contributed by atoms with E-state index >= 15 is 0 Å². The van der Waals surface area contributed by atoms with E-state index < -0.39 is 0 Å². The Balaban J connectivity index is 0.00000420. The minimum atomic E-state index is -0.128. The van der Waals surface area contributed by atoms with Gasteiger partial charge in [0.2, 0.25) is 0 Å². The number of hydrogen-bond donors (Lipinski definition) is 1.